The number of hydrogen-bond donors (Lipinski definition) is 1. The van der Waals surface area contributed by atoms with Crippen LogP contribution in [0.15, 0.2) is 54.4 Å². The maximum absolute atomic E-state index is 13.7. The number of aromatic nitrogens is 5. The maximum Gasteiger partial charge on any atom is 0.176 e. The minimum Gasteiger partial charge on any atom is -0.456 e. The monoisotopic (exact) mass is 389 g/mol. The Kier molecular flexibility index (Phi) is 3.98. The van der Waals surface area contributed by atoms with Crippen molar-refractivity contribution < 1.29 is 4.39 Å². The number of hydrogen-bond acceptors (Lipinski definition) is 5. The second-order valence-corrected chi connectivity index (χ2v) is 7.29. The zero-order valence-electron chi connectivity index (χ0n) is 14.8. The number of nitrogens with zero attached hydrogens (tertiary/aromatic N) is 5. The first-order chi connectivity index (χ1) is 13.7. The van der Waals surface area contributed by atoms with E-state index in [1.54, 1.807) is 23.7 Å². The van der Waals surface area contributed by atoms with Crippen LogP contribution in [0.3, 0.4) is 0 Å². The molecule has 4 aromatic heterocycles. The van der Waals surface area contributed by atoms with E-state index in [1.165, 1.54) is 18.5 Å². The van der Waals surface area contributed by atoms with E-state index < -0.39 is 0 Å². The fourth-order valence-corrected chi connectivity index (χ4v) is 3.92. The van der Waals surface area contributed by atoms with Crippen LogP contribution < -0.4 is 0 Å². The number of pyridine rings is 1. The van der Waals surface area contributed by atoms with E-state index in [1.807, 2.05) is 30.5 Å². The van der Waals surface area contributed by atoms with Crippen LogP contribution in [0.25, 0.3) is 38.0 Å². The van der Waals surface area contributed by atoms with Crippen LogP contribution in [0.4, 0.5) is 10.2 Å². The molecule has 0 aliphatic rings. The van der Waals surface area contributed by atoms with Crippen molar-refractivity contribution in [3.63, 3.8) is 0 Å². The van der Waals surface area contributed by atoms with Gasteiger partial charge in [0.2, 0.25) is 0 Å². The Bertz CT molecular complexity index is 1280. The van der Waals surface area contributed by atoms with Crippen molar-refractivity contribution in [1.82, 2.24) is 24.9 Å². The lowest BCUT2D eigenvalue weighted by atomic mass is 10.0. The topological polar surface area (TPSA) is 81.5 Å². The summed E-state index contributed by atoms with van der Waals surface area (Å²) in [5, 5.41) is 7.66. The molecule has 0 saturated carbocycles. The van der Waals surface area contributed by atoms with Gasteiger partial charge in [0.1, 0.15) is 5.82 Å². The molecule has 1 atom stereocenters. The van der Waals surface area contributed by atoms with Crippen molar-refractivity contribution in [2.45, 2.75) is 13.0 Å². The van der Waals surface area contributed by atoms with Gasteiger partial charge in [0.05, 0.1) is 27.9 Å². The molecule has 0 bridgehead atoms. The molecule has 0 saturated heterocycles. The van der Waals surface area contributed by atoms with Gasteiger partial charge in [-0.1, -0.05) is 13.0 Å². The highest BCUT2D eigenvalue weighted by Crippen LogP contribution is 2.39. The van der Waals surface area contributed by atoms with Crippen LogP contribution in [-0.2, 0) is 0 Å². The lowest BCUT2D eigenvalue weighted by molar-refractivity contribution is 0.629. The van der Waals surface area contributed by atoms with E-state index in [2.05, 4.69) is 19.9 Å². The van der Waals surface area contributed by atoms with Crippen molar-refractivity contribution >= 4 is 39.2 Å². The van der Waals surface area contributed by atoms with Gasteiger partial charge < -0.3 is 15.3 Å². The summed E-state index contributed by atoms with van der Waals surface area (Å²) in [6, 6.07) is 10.4. The second kappa shape index (κ2) is 6.65. The lowest BCUT2D eigenvalue weighted by Gasteiger charge is -2.24. The van der Waals surface area contributed by atoms with Crippen LogP contribution in [0.1, 0.15) is 18.5 Å². The lowest BCUT2D eigenvalue weighted by Crippen LogP contribution is -1.99. The zero-order valence-corrected chi connectivity index (χ0v) is 15.6. The molecule has 6 nitrogen and oxygen atoms in total. The average Bonchev–Trinajstić information content (AvgIpc) is 3.39. The number of fused-ring (bicyclic) bond motifs is 2. The molecule has 0 aliphatic heterocycles. The number of halogens is 1. The van der Waals surface area contributed by atoms with Gasteiger partial charge in [-0.2, -0.15) is 0 Å². The van der Waals surface area contributed by atoms with Crippen molar-refractivity contribution in [1.29, 1.82) is 0 Å². The number of nitrogens with one attached hydrogen (secondary N) is 1. The van der Waals surface area contributed by atoms with E-state index in [-0.39, 0.29) is 11.9 Å². The van der Waals surface area contributed by atoms with Crippen LogP contribution in [0.2, 0.25) is 0 Å². The molecule has 5 aromatic rings. The minimum absolute atomic E-state index is 0.222. The summed E-state index contributed by atoms with van der Waals surface area (Å²) >= 11 is 1.59. The molecule has 1 unspecified atom stereocenters. The summed E-state index contributed by atoms with van der Waals surface area (Å²) in [5.41, 5.74) is 3.65. The van der Waals surface area contributed by atoms with Crippen LogP contribution in [-0.4, -0.2) is 24.9 Å². The van der Waals surface area contributed by atoms with Crippen LogP contribution in [0, 0.1) is 5.82 Å². The number of benzene rings is 1. The molecule has 138 valence electrons. The number of aromatic amines is 1. The predicted molar refractivity (Wildman–Crippen MR) is 108 cm³/mol. The summed E-state index contributed by atoms with van der Waals surface area (Å²) in [7, 11) is 0. The molecule has 1 N–H and O–H groups in total. The Morgan fingerprint density at radius 1 is 1.14 bits per heavy atom. The van der Waals surface area contributed by atoms with E-state index in [0.29, 0.717) is 22.5 Å². The SMILES string of the molecule is CC([N-]c1ncnc2nc[nH]c12)c1cc2ccc(F)cc2nc1-c1cccs1. The molecule has 5 rings (SSSR count). The summed E-state index contributed by atoms with van der Waals surface area (Å²) < 4.78 is 13.7. The molecule has 0 radical (unpaired) electrons. The number of H-pyrrole nitrogens is 1. The quantitative estimate of drug-likeness (QED) is 0.438. The Balaban J connectivity index is 1.63. The highest BCUT2D eigenvalue weighted by atomic mass is 32.1. The fraction of sp³-hybridized carbons (Fsp3) is 0.100. The van der Waals surface area contributed by atoms with Gasteiger partial charge in [0, 0.05) is 17.8 Å². The van der Waals surface area contributed by atoms with Crippen molar-refractivity contribution in [3.8, 4) is 10.6 Å². The fourth-order valence-electron chi connectivity index (χ4n) is 3.19. The molecule has 4 heterocycles. The molecule has 0 amide bonds. The van der Waals surface area contributed by atoms with Gasteiger partial charge >= 0.3 is 0 Å². The summed E-state index contributed by atoms with van der Waals surface area (Å²) in [5.74, 6) is 0.247. The standard InChI is InChI=1S/C20H14FN6S/c1-11(26-20-18-19(23-9-22-18)24-10-25-20)14-7-12-4-5-13(21)8-15(12)27-17(14)16-3-2-6-28-16/h2-11H,1H3,(H-,22,23,24,25,26)/q-1. The molecule has 0 aliphatic carbocycles. The van der Waals surface area contributed by atoms with E-state index >= 15 is 0 Å². The number of rotatable bonds is 4. The first-order valence-corrected chi connectivity index (χ1v) is 9.56. The maximum atomic E-state index is 13.7. The zero-order chi connectivity index (χ0) is 19.1. The van der Waals surface area contributed by atoms with Gasteiger partial charge in [0.25, 0.3) is 0 Å². The third kappa shape index (κ3) is 2.87. The minimum atomic E-state index is -0.301. The molecule has 0 spiro atoms. The third-order valence-electron chi connectivity index (χ3n) is 4.53. The number of imidazole rings is 1. The Morgan fingerprint density at radius 2 is 2.07 bits per heavy atom. The van der Waals surface area contributed by atoms with Gasteiger partial charge in [-0.15, -0.1) is 11.3 Å². The molecular weight excluding hydrogens is 375 g/mol. The average molecular weight is 389 g/mol. The summed E-state index contributed by atoms with van der Waals surface area (Å²) in [6.07, 6.45) is 3.03. The summed E-state index contributed by atoms with van der Waals surface area (Å²) in [6.45, 7) is 1.99. The normalized spacial score (nSPS) is 12.5. The molecule has 28 heavy (non-hydrogen) atoms. The third-order valence-corrected chi connectivity index (χ3v) is 5.41. The Labute approximate surface area is 163 Å². The van der Waals surface area contributed by atoms with Crippen molar-refractivity contribution in [2.24, 2.45) is 0 Å². The Morgan fingerprint density at radius 3 is 2.93 bits per heavy atom. The van der Waals surface area contributed by atoms with Crippen molar-refractivity contribution in [3.05, 3.63) is 71.1 Å². The predicted octanol–water partition coefficient (Wildman–Crippen LogP) is 5.54. The molecule has 0 fully saturated rings. The Hall–Kier alpha value is -3.39. The van der Waals surface area contributed by atoms with Crippen LogP contribution >= 0.6 is 11.3 Å². The summed E-state index contributed by atoms with van der Waals surface area (Å²) in [4.78, 5) is 21.4. The van der Waals surface area contributed by atoms with Gasteiger partial charge in [-0.3, -0.25) is 0 Å². The highest BCUT2D eigenvalue weighted by Gasteiger charge is 2.15. The van der Waals surface area contributed by atoms with E-state index in [0.717, 1.165) is 21.5 Å². The van der Waals surface area contributed by atoms with Gasteiger partial charge in [0.15, 0.2) is 5.65 Å². The number of thiophene rings is 1. The largest absolute Gasteiger partial charge is 0.456 e. The molecule has 8 heteroatoms. The first-order valence-electron chi connectivity index (χ1n) is 8.68. The smallest absolute Gasteiger partial charge is 0.176 e. The van der Waals surface area contributed by atoms with Crippen LogP contribution in [0.5, 0.6) is 0 Å². The van der Waals surface area contributed by atoms with E-state index in [4.69, 9.17) is 10.3 Å². The van der Waals surface area contributed by atoms with E-state index in [9.17, 15) is 4.39 Å². The van der Waals surface area contributed by atoms with Gasteiger partial charge in [-0.25, -0.2) is 19.3 Å². The van der Waals surface area contributed by atoms with Crippen molar-refractivity contribution in [2.75, 3.05) is 0 Å². The molecular formula is C20H14FN6S-. The second-order valence-electron chi connectivity index (χ2n) is 6.34. The van der Waals surface area contributed by atoms with Gasteiger partial charge in [-0.05, 0) is 47.1 Å². The first kappa shape index (κ1) is 16.8. The molecule has 1 aromatic carbocycles. The highest BCUT2D eigenvalue weighted by molar-refractivity contribution is 7.13.